The summed E-state index contributed by atoms with van der Waals surface area (Å²) < 4.78 is 7.37. The highest BCUT2D eigenvalue weighted by molar-refractivity contribution is 7.98. The zero-order valence-electron chi connectivity index (χ0n) is 14.5. The van der Waals surface area contributed by atoms with Crippen LogP contribution in [0.15, 0.2) is 44.1 Å². The Morgan fingerprint density at radius 2 is 1.88 bits per heavy atom. The summed E-state index contributed by atoms with van der Waals surface area (Å²) in [6.07, 6.45) is 0. The third-order valence-corrected chi connectivity index (χ3v) is 5.64. The van der Waals surface area contributed by atoms with Gasteiger partial charge in [-0.2, -0.15) is 0 Å². The molecule has 4 aromatic rings. The van der Waals surface area contributed by atoms with Crippen LogP contribution in [0.2, 0.25) is 0 Å². The number of thioether (sulfide) groups is 1. The fourth-order valence-corrected chi connectivity index (χ4v) is 4.34. The van der Waals surface area contributed by atoms with Crippen molar-refractivity contribution in [1.82, 2.24) is 19.6 Å². The van der Waals surface area contributed by atoms with Crippen molar-refractivity contribution >= 4 is 28.1 Å². The molecule has 3 aromatic heterocycles. The van der Waals surface area contributed by atoms with Crippen molar-refractivity contribution < 1.29 is 4.42 Å². The van der Waals surface area contributed by atoms with Crippen molar-refractivity contribution in [1.29, 1.82) is 0 Å². The molecule has 0 aliphatic heterocycles. The SMILES string of the molecule is Cc1cc(C)cc(-c2nnc(SCc3cc(=O)n4c(C)csc4n3)o2)c1. The maximum Gasteiger partial charge on any atom is 0.277 e. The van der Waals surface area contributed by atoms with Crippen molar-refractivity contribution in [3.63, 3.8) is 0 Å². The molecule has 0 atom stereocenters. The van der Waals surface area contributed by atoms with Crippen LogP contribution in [0.25, 0.3) is 16.4 Å². The summed E-state index contributed by atoms with van der Waals surface area (Å²) in [4.78, 5) is 17.4. The first-order valence-corrected chi connectivity index (χ1v) is 9.88. The molecule has 0 bridgehead atoms. The predicted molar refractivity (Wildman–Crippen MR) is 103 cm³/mol. The molecule has 0 saturated heterocycles. The predicted octanol–water partition coefficient (Wildman–Crippen LogP) is 4.02. The fourth-order valence-electron chi connectivity index (χ4n) is 2.79. The second-order valence-corrected chi connectivity index (χ2v) is 7.88. The molecule has 1 aromatic carbocycles. The Morgan fingerprint density at radius 1 is 1.12 bits per heavy atom. The van der Waals surface area contributed by atoms with Gasteiger partial charge >= 0.3 is 0 Å². The first kappa shape index (κ1) is 17.0. The average Bonchev–Trinajstić information content (AvgIpc) is 3.19. The van der Waals surface area contributed by atoms with Gasteiger partial charge in [0.05, 0.1) is 5.69 Å². The zero-order chi connectivity index (χ0) is 18.3. The van der Waals surface area contributed by atoms with E-state index in [0.29, 0.717) is 27.5 Å². The van der Waals surface area contributed by atoms with Gasteiger partial charge in [0.15, 0.2) is 4.96 Å². The molecule has 6 nitrogen and oxygen atoms in total. The number of aromatic nitrogens is 4. The summed E-state index contributed by atoms with van der Waals surface area (Å²) in [5, 5.41) is 10.6. The van der Waals surface area contributed by atoms with Gasteiger partial charge in [-0.1, -0.05) is 29.0 Å². The molecule has 8 heteroatoms. The largest absolute Gasteiger partial charge is 0.411 e. The quantitative estimate of drug-likeness (QED) is 0.495. The molecule has 0 aliphatic carbocycles. The Hall–Kier alpha value is -2.45. The van der Waals surface area contributed by atoms with Gasteiger partial charge in [-0.15, -0.1) is 21.5 Å². The van der Waals surface area contributed by atoms with E-state index in [1.165, 1.54) is 23.1 Å². The lowest BCUT2D eigenvalue weighted by atomic mass is 10.1. The molecule has 0 fully saturated rings. The van der Waals surface area contributed by atoms with Gasteiger partial charge in [-0.05, 0) is 32.9 Å². The maximum atomic E-state index is 12.2. The van der Waals surface area contributed by atoms with E-state index in [1.807, 2.05) is 38.3 Å². The third kappa shape index (κ3) is 3.30. The van der Waals surface area contributed by atoms with Crippen molar-refractivity contribution in [3.05, 3.63) is 62.5 Å². The van der Waals surface area contributed by atoms with Gasteiger partial charge in [0.25, 0.3) is 10.8 Å². The minimum atomic E-state index is -0.0641. The highest BCUT2D eigenvalue weighted by Gasteiger charge is 2.12. The highest BCUT2D eigenvalue weighted by Crippen LogP contribution is 2.26. The van der Waals surface area contributed by atoms with Crippen molar-refractivity contribution in [3.8, 4) is 11.5 Å². The summed E-state index contributed by atoms with van der Waals surface area (Å²) >= 11 is 2.83. The molecule has 132 valence electrons. The summed E-state index contributed by atoms with van der Waals surface area (Å²) in [6, 6.07) is 7.69. The van der Waals surface area contributed by atoms with Crippen molar-refractivity contribution in [2.75, 3.05) is 0 Å². The van der Waals surface area contributed by atoms with E-state index in [1.54, 1.807) is 10.5 Å². The number of fused-ring (bicyclic) bond motifs is 1. The number of hydrogen-bond acceptors (Lipinski definition) is 7. The summed E-state index contributed by atoms with van der Waals surface area (Å²) in [5.74, 6) is 0.994. The summed E-state index contributed by atoms with van der Waals surface area (Å²) in [5.41, 5.74) is 4.75. The first-order chi connectivity index (χ1) is 12.5. The summed E-state index contributed by atoms with van der Waals surface area (Å²) in [7, 11) is 0. The van der Waals surface area contributed by atoms with Gasteiger partial charge in [0.2, 0.25) is 5.89 Å². The lowest BCUT2D eigenvalue weighted by Gasteiger charge is -2.00. The topological polar surface area (TPSA) is 73.3 Å². The first-order valence-electron chi connectivity index (χ1n) is 8.01. The van der Waals surface area contributed by atoms with Crippen LogP contribution in [0.1, 0.15) is 22.5 Å². The Balaban J connectivity index is 1.54. The number of nitrogens with zero attached hydrogens (tertiary/aromatic N) is 4. The van der Waals surface area contributed by atoms with Gasteiger partial charge in [-0.3, -0.25) is 9.20 Å². The van der Waals surface area contributed by atoms with Crippen LogP contribution in [-0.4, -0.2) is 19.6 Å². The van der Waals surface area contributed by atoms with Crippen LogP contribution in [0.4, 0.5) is 0 Å². The number of hydrogen-bond donors (Lipinski definition) is 0. The minimum absolute atomic E-state index is 0.0641. The average molecular weight is 384 g/mol. The molecular weight excluding hydrogens is 368 g/mol. The molecule has 0 spiro atoms. The van der Waals surface area contributed by atoms with Crippen LogP contribution >= 0.6 is 23.1 Å². The van der Waals surface area contributed by atoms with E-state index in [2.05, 4.69) is 21.2 Å². The van der Waals surface area contributed by atoms with Crippen LogP contribution in [-0.2, 0) is 5.75 Å². The number of benzene rings is 1. The van der Waals surface area contributed by atoms with E-state index >= 15 is 0 Å². The molecule has 26 heavy (non-hydrogen) atoms. The monoisotopic (exact) mass is 384 g/mol. The molecule has 0 saturated carbocycles. The highest BCUT2D eigenvalue weighted by atomic mass is 32.2. The van der Waals surface area contributed by atoms with E-state index in [0.717, 1.165) is 22.4 Å². The van der Waals surface area contributed by atoms with Gasteiger partial charge in [-0.25, -0.2) is 4.98 Å². The molecule has 4 rings (SSSR count). The second-order valence-electron chi connectivity index (χ2n) is 6.12. The maximum absolute atomic E-state index is 12.2. The minimum Gasteiger partial charge on any atom is -0.411 e. The van der Waals surface area contributed by atoms with Gasteiger partial charge in [0, 0.05) is 28.5 Å². The Morgan fingerprint density at radius 3 is 2.65 bits per heavy atom. The number of aryl methyl sites for hydroxylation is 3. The standard InChI is InChI=1S/C18H16N4O2S2/c1-10-4-11(2)6-13(5-10)16-20-21-18(24-16)26-9-14-7-15(23)22-12(3)8-25-17(22)19-14/h4-8H,9H2,1-3H3. The lowest BCUT2D eigenvalue weighted by molar-refractivity contribution is 0.465. The molecule has 0 amide bonds. The van der Waals surface area contributed by atoms with E-state index in [-0.39, 0.29) is 5.56 Å². The lowest BCUT2D eigenvalue weighted by Crippen LogP contribution is -2.14. The van der Waals surface area contributed by atoms with Crippen LogP contribution in [0.5, 0.6) is 0 Å². The van der Waals surface area contributed by atoms with Crippen LogP contribution in [0, 0.1) is 20.8 Å². The molecule has 0 unspecified atom stereocenters. The molecule has 0 radical (unpaired) electrons. The normalized spacial score (nSPS) is 11.3. The fraction of sp³-hybridized carbons (Fsp3) is 0.222. The summed E-state index contributed by atoms with van der Waals surface area (Å²) in [6.45, 7) is 5.97. The Labute approximate surface area is 157 Å². The second kappa shape index (κ2) is 6.69. The third-order valence-electron chi connectivity index (χ3n) is 3.85. The van der Waals surface area contributed by atoms with Crippen LogP contribution in [0.3, 0.4) is 0 Å². The molecule has 0 N–H and O–H groups in total. The van der Waals surface area contributed by atoms with Crippen molar-refractivity contribution in [2.45, 2.75) is 31.7 Å². The molecule has 3 heterocycles. The Bertz CT molecular complexity index is 1140. The zero-order valence-corrected chi connectivity index (χ0v) is 16.1. The number of thiazole rings is 1. The smallest absolute Gasteiger partial charge is 0.277 e. The van der Waals surface area contributed by atoms with Gasteiger partial charge in [0.1, 0.15) is 0 Å². The number of rotatable bonds is 4. The van der Waals surface area contributed by atoms with Crippen molar-refractivity contribution in [2.24, 2.45) is 0 Å². The molecular formula is C18H16N4O2S2. The Kier molecular flexibility index (Phi) is 4.37. The van der Waals surface area contributed by atoms with E-state index < -0.39 is 0 Å². The molecule has 0 aliphatic rings. The van der Waals surface area contributed by atoms with Crippen LogP contribution < -0.4 is 5.56 Å². The van der Waals surface area contributed by atoms with E-state index in [4.69, 9.17) is 4.42 Å². The van der Waals surface area contributed by atoms with E-state index in [9.17, 15) is 4.79 Å². The van der Waals surface area contributed by atoms with Gasteiger partial charge < -0.3 is 4.42 Å².